The summed E-state index contributed by atoms with van der Waals surface area (Å²) in [5.41, 5.74) is 5.64. The molecule has 0 amide bonds. The van der Waals surface area contributed by atoms with Gasteiger partial charge in [0, 0.05) is 29.4 Å². The fraction of sp³-hybridized carbons (Fsp3) is 0.667. The number of hydrazine groups is 1. The summed E-state index contributed by atoms with van der Waals surface area (Å²) in [6.07, 6.45) is 5.40. The van der Waals surface area contributed by atoms with Gasteiger partial charge in [-0.1, -0.05) is 6.07 Å². The summed E-state index contributed by atoms with van der Waals surface area (Å²) in [5, 5.41) is 0. The van der Waals surface area contributed by atoms with E-state index in [1.54, 1.807) is 0 Å². The molecule has 2 unspecified atom stereocenters. The van der Waals surface area contributed by atoms with Gasteiger partial charge < -0.3 is 4.90 Å². The minimum atomic E-state index is -0.0223. The van der Waals surface area contributed by atoms with Gasteiger partial charge in [-0.05, 0) is 58.8 Å². The molecule has 19 heavy (non-hydrogen) atoms. The number of likely N-dealkylation sites (N-methyl/N-ethyl adjacent to an activating group) is 1. The van der Waals surface area contributed by atoms with E-state index >= 15 is 0 Å². The first-order valence-electron chi connectivity index (χ1n) is 7.06. The number of nitrogens with two attached hydrogens (primary N) is 1. The minimum Gasteiger partial charge on any atom is -0.303 e. The lowest BCUT2D eigenvalue weighted by Gasteiger charge is -2.44. The highest BCUT2D eigenvalue weighted by Crippen LogP contribution is 2.36. The molecule has 1 aliphatic rings. The Bertz CT molecular complexity index is 428. The van der Waals surface area contributed by atoms with E-state index < -0.39 is 0 Å². The fourth-order valence-electron chi connectivity index (χ4n) is 3.06. The molecule has 4 nitrogen and oxygen atoms in total. The van der Waals surface area contributed by atoms with Crippen molar-refractivity contribution in [3.63, 3.8) is 0 Å². The highest BCUT2D eigenvalue weighted by atomic mass is 15.3. The number of pyridine rings is 1. The van der Waals surface area contributed by atoms with Crippen molar-refractivity contribution in [2.75, 3.05) is 14.1 Å². The van der Waals surface area contributed by atoms with E-state index in [1.807, 2.05) is 12.3 Å². The van der Waals surface area contributed by atoms with Crippen molar-refractivity contribution in [1.82, 2.24) is 15.3 Å². The fourth-order valence-corrected chi connectivity index (χ4v) is 3.06. The number of aryl methyl sites for hydroxylation is 1. The third-order valence-electron chi connectivity index (χ3n) is 4.73. The Balaban J connectivity index is 2.36. The minimum absolute atomic E-state index is 0.0223. The summed E-state index contributed by atoms with van der Waals surface area (Å²) in [4.78, 5) is 6.86. The van der Waals surface area contributed by atoms with Crippen LogP contribution in [0.3, 0.4) is 0 Å². The van der Waals surface area contributed by atoms with Gasteiger partial charge in [-0.15, -0.1) is 0 Å². The van der Waals surface area contributed by atoms with E-state index in [-0.39, 0.29) is 11.6 Å². The first kappa shape index (κ1) is 14.4. The molecule has 4 heteroatoms. The molecular formula is C15H26N4. The molecule has 0 bridgehead atoms. The number of rotatable bonds is 4. The number of hydrogen-bond acceptors (Lipinski definition) is 4. The van der Waals surface area contributed by atoms with Crippen molar-refractivity contribution in [2.24, 2.45) is 5.84 Å². The van der Waals surface area contributed by atoms with Gasteiger partial charge in [0.2, 0.25) is 0 Å². The molecule has 1 aliphatic carbocycles. The van der Waals surface area contributed by atoms with Crippen LogP contribution in [0, 0.1) is 0 Å². The zero-order valence-corrected chi connectivity index (χ0v) is 12.5. The molecular weight excluding hydrogens is 236 g/mol. The highest BCUT2D eigenvalue weighted by Gasteiger charge is 2.39. The van der Waals surface area contributed by atoms with E-state index in [0.29, 0.717) is 5.92 Å². The van der Waals surface area contributed by atoms with Gasteiger partial charge in [-0.3, -0.25) is 16.3 Å². The van der Waals surface area contributed by atoms with Gasteiger partial charge >= 0.3 is 0 Å². The van der Waals surface area contributed by atoms with Crippen LogP contribution in [0.15, 0.2) is 18.3 Å². The SMILES string of the molecule is CN(C)C(C)(C)C(NN)C1CCCc2cccnc21. The zero-order valence-electron chi connectivity index (χ0n) is 12.5. The second-order valence-electron chi connectivity index (χ2n) is 6.24. The molecule has 0 saturated carbocycles. The topological polar surface area (TPSA) is 54.2 Å². The highest BCUT2D eigenvalue weighted by molar-refractivity contribution is 5.28. The van der Waals surface area contributed by atoms with E-state index in [9.17, 15) is 0 Å². The predicted molar refractivity (Wildman–Crippen MR) is 78.8 cm³/mol. The zero-order chi connectivity index (χ0) is 14.0. The molecule has 106 valence electrons. The molecule has 3 N–H and O–H groups in total. The molecule has 2 rings (SSSR count). The van der Waals surface area contributed by atoms with Gasteiger partial charge in [-0.2, -0.15) is 0 Å². The molecule has 0 spiro atoms. The second-order valence-corrected chi connectivity index (χ2v) is 6.24. The lowest BCUT2D eigenvalue weighted by molar-refractivity contribution is 0.116. The summed E-state index contributed by atoms with van der Waals surface area (Å²) in [6, 6.07) is 4.42. The Kier molecular flexibility index (Phi) is 4.23. The first-order valence-corrected chi connectivity index (χ1v) is 7.06. The Hall–Kier alpha value is -0.970. The van der Waals surface area contributed by atoms with E-state index in [2.05, 4.69) is 49.3 Å². The van der Waals surface area contributed by atoms with Gasteiger partial charge in [0.15, 0.2) is 0 Å². The average molecular weight is 262 g/mol. The summed E-state index contributed by atoms with van der Waals surface area (Å²) in [6.45, 7) is 4.46. The van der Waals surface area contributed by atoms with Crippen molar-refractivity contribution in [3.05, 3.63) is 29.6 Å². The average Bonchev–Trinajstić information content (AvgIpc) is 2.39. The van der Waals surface area contributed by atoms with Crippen LogP contribution in [0.4, 0.5) is 0 Å². The number of hydrogen-bond donors (Lipinski definition) is 2. The number of fused-ring (bicyclic) bond motifs is 1. The van der Waals surface area contributed by atoms with Crippen LogP contribution >= 0.6 is 0 Å². The standard InChI is InChI=1S/C15H26N4/c1-15(2,19(3)4)14(18-16)12-9-5-7-11-8-6-10-17-13(11)12/h6,8,10,12,14,18H,5,7,9,16H2,1-4H3. The third-order valence-corrected chi connectivity index (χ3v) is 4.73. The van der Waals surface area contributed by atoms with E-state index in [4.69, 9.17) is 5.84 Å². The van der Waals surface area contributed by atoms with Crippen molar-refractivity contribution < 1.29 is 0 Å². The van der Waals surface area contributed by atoms with Crippen molar-refractivity contribution in [3.8, 4) is 0 Å². The second kappa shape index (κ2) is 5.57. The molecule has 2 atom stereocenters. The van der Waals surface area contributed by atoms with Crippen LogP contribution in [0.1, 0.15) is 43.9 Å². The normalized spacial score (nSPS) is 21.3. The summed E-state index contributed by atoms with van der Waals surface area (Å²) in [7, 11) is 4.21. The van der Waals surface area contributed by atoms with Crippen LogP contribution in [0.2, 0.25) is 0 Å². The van der Waals surface area contributed by atoms with Crippen LogP contribution in [-0.2, 0) is 6.42 Å². The Morgan fingerprint density at radius 1 is 1.47 bits per heavy atom. The Morgan fingerprint density at radius 2 is 2.21 bits per heavy atom. The number of aromatic nitrogens is 1. The number of nitrogens with zero attached hydrogens (tertiary/aromatic N) is 2. The van der Waals surface area contributed by atoms with Crippen LogP contribution in [0.5, 0.6) is 0 Å². The van der Waals surface area contributed by atoms with Crippen molar-refractivity contribution in [1.29, 1.82) is 0 Å². The van der Waals surface area contributed by atoms with E-state index in [0.717, 1.165) is 12.8 Å². The van der Waals surface area contributed by atoms with Crippen molar-refractivity contribution >= 4 is 0 Å². The van der Waals surface area contributed by atoms with E-state index in [1.165, 1.54) is 17.7 Å². The van der Waals surface area contributed by atoms with Crippen LogP contribution in [0.25, 0.3) is 0 Å². The monoisotopic (exact) mass is 262 g/mol. The molecule has 1 heterocycles. The molecule has 0 aliphatic heterocycles. The Morgan fingerprint density at radius 3 is 2.84 bits per heavy atom. The summed E-state index contributed by atoms with van der Waals surface area (Å²) >= 11 is 0. The third kappa shape index (κ3) is 2.66. The molecule has 0 aromatic carbocycles. The largest absolute Gasteiger partial charge is 0.303 e. The summed E-state index contributed by atoms with van der Waals surface area (Å²) < 4.78 is 0. The molecule has 1 aromatic rings. The van der Waals surface area contributed by atoms with Gasteiger partial charge in [-0.25, -0.2) is 0 Å². The van der Waals surface area contributed by atoms with Crippen LogP contribution in [-0.4, -0.2) is 35.6 Å². The maximum Gasteiger partial charge on any atom is 0.0483 e. The van der Waals surface area contributed by atoms with Crippen molar-refractivity contribution in [2.45, 2.75) is 50.6 Å². The lowest BCUT2D eigenvalue weighted by atomic mass is 9.75. The molecule has 0 fully saturated rings. The van der Waals surface area contributed by atoms with Crippen LogP contribution < -0.4 is 11.3 Å². The molecule has 0 saturated heterocycles. The van der Waals surface area contributed by atoms with Gasteiger partial charge in [0.05, 0.1) is 0 Å². The maximum absolute atomic E-state index is 5.88. The molecule has 0 radical (unpaired) electrons. The lowest BCUT2D eigenvalue weighted by Crippen LogP contribution is -2.60. The Labute approximate surface area is 116 Å². The maximum atomic E-state index is 5.88. The summed E-state index contributed by atoms with van der Waals surface area (Å²) in [5.74, 6) is 6.26. The number of nitrogens with one attached hydrogen (secondary N) is 1. The molecule has 1 aromatic heterocycles. The first-order chi connectivity index (χ1) is 8.98. The smallest absolute Gasteiger partial charge is 0.0483 e. The van der Waals surface area contributed by atoms with Gasteiger partial charge in [0.25, 0.3) is 0 Å². The quantitative estimate of drug-likeness (QED) is 0.640. The van der Waals surface area contributed by atoms with Gasteiger partial charge in [0.1, 0.15) is 0 Å². The predicted octanol–water partition coefficient (Wildman–Crippen LogP) is 1.67.